The molecule has 1 N–H and O–H groups in total. The van der Waals surface area contributed by atoms with E-state index in [1.807, 2.05) is 7.05 Å². The molecule has 0 atom stereocenters. The maximum atomic E-state index is 12.9. The summed E-state index contributed by atoms with van der Waals surface area (Å²) in [5.74, 6) is 0. The topological polar surface area (TPSA) is 58.4 Å². The van der Waals surface area contributed by atoms with Crippen LogP contribution in [0.3, 0.4) is 0 Å². The molecule has 1 aromatic carbocycles. The fraction of sp³-hybridized carbons (Fsp3) is 0.538. The molecule has 0 amide bonds. The molecule has 0 saturated heterocycles. The zero-order valence-corrected chi connectivity index (χ0v) is 11.2. The second kappa shape index (κ2) is 6.13. The molecule has 0 radical (unpaired) electrons. The van der Waals surface area contributed by atoms with Crippen LogP contribution < -0.4 is 5.32 Å². The van der Waals surface area contributed by atoms with Gasteiger partial charge in [0.1, 0.15) is 0 Å². The van der Waals surface area contributed by atoms with Crippen LogP contribution in [0.15, 0.2) is 18.2 Å². The molecule has 1 aliphatic carbocycles. The van der Waals surface area contributed by atoms with Crippen molar-refractivity contribution in [3.63, 3.8) is 0 Å². The number of nitro groups is 1. The number of hydrogen-bond acceptors (Lipinski definition) is 4. The lowest BCUT2D eigenvalue weighted by Gasteiger charge is -2.17. The van der Waals surface area contributed by atoms with Crippen molar-refractivity contribution in [1.29, 1.82) is 0 Å². The number of rotatable bonds is 7. The average Bonchev–Trinajstić information content (AvgIpc) is 3.22. The highest BCUT2D eigenvalue weighted by molar-refractivity contribution is 5.56. The number of benzene rings is 1. The highest BCUT2D eigenvalue weighted by Crippen LogP contribution is 2.30. The third-order valence-corrected chi connectivity index (χ3v) is 3.43. The first kappa shape index (κ1) is 14.6. The molecule has 0 bridgehead atoms. The molecule has 1 aliphatic rings. The SMILES string of the molecule is CN(CCNc1ccc([N+](=O)[O-])cc1C(F)F)C1CC1. The molecular formula is C13H17F2N3O2. The van der Waals surface area contributed by atoms with E-state index in [1.54, 1.807) is 0 Å². The quantitative estimate of drug-likeness (QED) is 0.618. The van der Waals surface area contributed by atoms with Crippen LogP contribution in [0.1, 0.15) is 24.8 Å². The first-order chi connectivity index (χ1) is 9.49. The highest BCUT2D eigenvalue weighted by atomic mass is 19.3. The van der Waals surface area contributed by atoms with Gasteiger partial charge in [0.15, 0.2) is 0 Å². The number of hydrogen-bond donors (Lipinski definition) is 1. The fourth-order valence-corrected chi connectivity index (χ4v) is 2.07. The van der Waals surface area contributed by atoms with Gasteiger partial charge in [-0.15, -0.1) is 0 Å². The number of non-ortho nitro benzene ring substituents is 1. The number of nitrogens with zero attached hydrogens (tertiary/aromatic N) is 2. The van der Waals surface area contributed by atoms with Crippen LogP contribution in [-0.4, -0.2) is 36.0 Å². The van der Waals surface area contributed by atoms with E-state index in [9.17, 15) is 18.9 Å². The van der Waals surface area contributed by atoms with Crippen molar-refractivity contribution >= 4 is 11.4 Å². The molecule has 20 heavy (non-hydrogen) atoms. The van der Waals surface area contributed by atoms with Gasteiger partial charge < -0.3 is 10.2 Å². The van der Waals surface area contributed by atoms with E-state index >= 15 is 0 Å². The Balaban J connectivity index is 2.00. The Bertz CT molecular complexity index is 493. The van der Waals surface area contributed by atoms with Gasteiger partial charge in [-0.05, 0) is 26.0 Å². The molecular weight excluding hydrogens is 268 g/mol. The van der Waals surface area contributed by atoms with Crippen LogP contribution in [0.5, 0.6) is 0 Å². The van der Waals surface area contributed by atoms with Gasteiger partial charge in [-0.25, -0.2) is 8.78 Å². The van der Waals surface area contributed by atoms with E-state index in [0.717, 1.165) is 12.6 Å². The van der Waals surface area contributed by atoms with Crippen LogP contribution >= 0.6 is 0 Å². The largest absolute Gasteiger partial charge is 0.383 e. The van der Waals surface area contributed by atoms with Crippen LogP contribution in [-0.2, 0) is 0 Å². The van der Waals surface area contributed by atoms with Crippen molar-refractivity contribution in [3.05, 3.63) is 33.9 Å². The van der Waals surface area contributed by atoms with Crippen molar-refractivity contribution in [2.24, 2.45) is 0 Å². The van der Waals surface area contributed by atoms with Gasteiger partial charge in [-0.3, -0.25) is 10.1 Å². The molecule has 7 heteroatoms. The molecule has 2 rings (SSSR count). The molecule has 110 valence electrons. The predicted octanol–water partition coefficient (Wildman–Crippen LogP) is 3.04. The summed E-state index contributed by atoms with van der Waals surface area (Å²) in [6.07, 6.45) is -0.356. The van der Waals surface area contributed by atoms with Crippen molar-refractivity contribution in [2.45, 2.75) is 25.3 Å². The zero-order chi connectivity index (χ0) is 14.7. The summed E-state index contributed by atoms with van der Waals surface area (Å²) < 4.78 is 25.8. The highest BCUT2D eigenvalue weighted by Gasteiger charge is 2.25. The minimum atomic E-state index is -2.74. The molecule has 5 nitrogen and oxygen atoms in total. The molecule has 0 aromatic heterocycles. The van der Waals surface area contributed by atoms with E-state index in [4.69, 9.17) is 0 Å². The Labute approximate surface area is 115 Å². The number of halogens is 2. The van der Waals surface area contributed by atoms with Gasteiger partial charge in [0, 0.05) is 42.5 Å². The van der Waals surface area contributed by atoms with E-state index in [2.05, 4.69) is 10.2 Å². The molecule has 0 heterocycles. The summed E-state index contributed by atoms with van der Waals surface area (Å²) in [7, 11) is 2.00. The minimum Gasteiger partial charge on any atom is -0.383 e. The summed E-state index contributed by atoms with van der Waals surface area (Å²) in [5, 5.41) is 13.5. The van der Waals surface area contributed by atoms with E-state index in [-0.39, 0.29) is 16.9 Å². The number of alkyl halides is 2. The Hall–Kier alpha value is -1.76. The van der Waals surface area contributed by atoms with Crippen molar-refractivity contribution in [1.82, 2.24) is 4.90 Å². The molecule has 0 spiro atoms. The zero-order valence-electron chi connectivity index (χ0n) is 11.2. The monoisotopic (exact) mass is 285 g/mol. The van der Waals surface area contributed by atoms with Gasteiger partial charge in [0.2, 0.25) is 0 Å². The van der Waals surface area contributed by atoms with Gasteiger partial charge in [0.25, 0.3) is 12.1 Å². The maximum Gasteiger partial charge on any atom is 0.270 e. The average molecular weight is 285 g/mol. The lowest BCUT2D eigenvalue weighted by Crippen LogP contribution is -2.27. The first-order valence-electron chi connectivity index (χ1n) is 6.49. The van der Waals surface area contributed by atoms with Gasteiger partial charge in [0.05, 0.1) is 4.92 Å². The summed E-state index contributed by atoms with van der Waals surface area (Å²) in [5.41, 5.74) is -0.385. The lowest BCUT2D eigenvalue weighted by molar-refractivity contribution is -0.385. The summed E-state index contributed by atoms with van der Waals surface area (Å²) in [4.78, 5) is 12.1. The number of anilines is 1. The normalized spacial score (nSPS) is 14.8. The van der Waals surface area contributed by atoms with Crippen LogP contribution in [0.4, 0.5) is 20.2 Å². The smallest absolute Gasteiger partial charge is 0.270 e. The Morgan fingerprint density at radius 1 is 1.50 bits per heavy atom. The third kappa shape index (κ3) is 3.63. The number of nitro benzene ring substituents is 1. The second-order valence-electron chi connectivity index (χ2n) is 4.97. The lowest BCUT2D eigenvalue weighted by atomic mass is 10.1. The van der Waals surface area contributed by atoms with Gasteiger partial charge >= 0.3 is 0 Å². The van der Waals surface area contributed by atoms with Crippen molar-refractivity contribution in [2.75, 3.05) is 25.5 Å². The van der Waals surface area contributed by atoms with Gasteiger partial charge in [-0.1, -0.05) is 0 Å². The number of likely N-dealkylation sites (N-methyl/N-ethyl adjacent to an activating group) is 1. The molecule has 0 unspecified atom stereocenters. The van der Waals surface area contributed by atoms with E-state index in [0.29, 0.717) is 12.6 Å². The number of nitrogens with one attached hydrogen (secondary N) is 1. The van der Waals surface area contributed by atoms with E-state index in [1.165, 1.54) is 25.0 Å². The van der Waals surface area contributed by atoms with Crippen LogP contribution in [0.25, 0.3) is 0 Å². The third-order valence-electron chi connectivity index (χ3n) is 3.43. The Morgan fingerprint density at radius 3 is 2.75 bits per heavy atom. The summed E-state index contributed by atoms with van der Waals surface area (Å²) in [6, 6.07) is 4.12. The first-order valence-corrected chi connectivity index (χ1v) is 6.49. The predicted molar refractivity (Wildman–Crippen MR) is 72.2 cm³/mol. The maximum absolute atomic E-state index is 12.9. The Kier molecular flexibility index (Phi) is 4.49. The van der Waals surface area contributed by atoms with Crippen molar-refractivity contribution in [3.8, 4) is 0 Å². The van der Waals surface area contributed by atoms with Crippen LogP contribution in [0, 0.1) is 10.1 Å². The molecule has 0 aliphatic heterocycles. The Morgan fingerprint density at radius 2 is 2.20 bits per heavy atom. The van der Waals surface area contributed by atoms with Gasteiger partial charge in [-0.2, -0.15) is 0 Å². The van der Waals surface area contributed by atoms with E-state index < -0.39 is 11.3 Å². The molecule has 1 fully saturated rings. The standard InChI is InChI=1S/C13H17F2N3O2/c1-17(9-2-3-9)7-6-16-12-5-4-10(18(19)20)8-11(12)13(14)15/h4-5,8-9,13,16H,2-3,6-7H2,1H3. The summed E-state index contributed by atoms with van der Waals surface area (Å²) in [6.45, 7) is 1.29. The molecule has 1 saturated carbocycles. The molecule has 1 aromatic rings. The van der Waals surface area contributed by atoms with Crippen molar-refractivity contribution < 1.29 is 13.7 Å². The van der Waals surface area contributed by atoms with Crippen LogP contribution in [0.2, 0.25) is 0 Å². The minimum absolute atomic E-state index is 0.259. The fourth-order valence-electron chi connectivity index (χ4n) is 2.07. The summed E-state index contributed by atoms with van der Waals surface area (Å²) >= 11 is 0. The second-order valence-corrected chi connectivity index (χ2v) is 4.97.